The highest BCUT2D eigenvalue weighted by atomic mass is 79.9. The maximum atomic E-state index is 12.7. The summed E-state index contributed by atoms with van der Waals surface area (Å²) in [5, 5.41) is 0. The molecule has 1 aliphatic carbocycles. The molecule has 0 atom stereocenters. The van der Waals surface area contributed by atoms with Crippen molar-refractivity contribution in [3.63, 3.8) is 0 Å². The van der Waals surface area contributed by atoms with E-state index in [4.69, 9.17) is 16.3 Å². The number of ether oxygens (including phenoxy) is 1. The Morgan fingerprint density at radius 3 is 2.70 bits per heavy atom. The number of carbonyl (C=O) groups is 1. The number of nitrogens with zero attached hydrogens (tertiary/aromatic N) is 1. The van der Waals surface area contributed by atoms with Gasteiger partial charge in [0.2, 0.25) is 0 Å². The number of alkyl halides is 1. The molecule has 0 spiro atoms. The van der Waals surface area contributed by atoms with E-state index in [-0.39, 0.29) is 5.91 Å². The van der Waals surface area contributed by atoms with Gasteiger partial charge in [-0.1, -0.05) is 12.8 Å². The van der Waals surface area contributed by atoms with Gasteiger partial charge in [0.05, 0.1) is 11.6 Å². The van der Waals surface area contributed by atoms with Gasteiger partial charge >= 0.3 is 0 Å². The molecule has 1 saturated carbocycles. The summed E-state index contributed by atoms with van der Waals surface area (Å²) in [4.78, 5) is 14.6. The molecule has 1 amide bonds. The molecule has 110 valence electrons. The van der Waals surface area contributed by atoms with E-state index in [1.54, 1.807) is 7.11 Å². The average molecular weight is 361 g/mol. The largest absolute Gasteiger partial charge is 0.496 e. The third kappa shape index (κ3) is 3.47. The van der Waals surface area contributed by atoms with Crippen LogP contribution in [0.5, 0.6) is 5.75 Å². The molecule has 0 N–H and O–H groups in total. The molecule has 20 heavy (non-hydrogen) atoms. The van der Waals surface area contributed by atoms with E-state index in [0.29, 0.717) is 24.0 Å². The van der Waals surface area contributed by atoms with Gasteiger partial charge < -0.3 is 9.64 Å². The number of halogens is 2. The highest BCUT2D eigenvalue weighted by Crippen LogP contribution is 2.28. The Morgan fingerprint density at radius 1 is 1.45 bits per heavy atom. The van der Waals surface area contributed by atoms with Crippen LogP contribution in [0, 0.1) is 0 Å². The maximum Gasteiger partial charge on any atom is 0.254 e. The second-order valence-corrected chi connectivity index (χ2v) is 6.21. The lowest BCUT2D eigenvalue weighted by Gasteiger charge is -2.28. The smallest absolute Gasteiger partial charge is 0.254 e. The predicted octanol–water partition coefficient (Wildman–Crippen LogP) is 4.08. The minimum atomic E-state index is 0.0564. The second-order valence-electron chi connectivity index (χ2n) is 4.98. The van der Waals surface area contributed by atoms with Gasteiger partial charge in [-0.05, 0) is 47.0 Å². The van der Waals surface area contributed by atoms with Crippen molar-refractivity contribution >= 4 is 33.4 Å². The van der Waals surface area contributed by atoms with Crippen molar-refractivity contribution in [3.8, 4) is 5.75 Å². The van der Waals surface area contributed by atoms with Gasteiger partial charge in [-0.15, -0.1) is 11.6 Å². The van der Waals surface area contributed by atoms with Crippen LogP contribution in [0.25, 0.3) is 0 Å². The topological polar surface area (TPSA) is 29.5 Å². The average Bonchev–Trinajstić information content (AvgIpc) is 2.97. The Balaban J connectivity index is 2.20. The molecule has 0 saturated heterocycles. The van der Waals surface area contributed by atoms with E-state index >= 15 is 0 Å². The molecular weight excluding hydrogens is 342 g/mol. The van der Waals surface area contributed by atoms with E-state index in [2.05, 4.69) is 15.9 Å². The number of rotatable bonds is 5. The van der Waals surface area contributed by atoms with Crippen LogP contribution in [-0.2, 0) is 0 Å². The lowest BCUT2D eigenvalue weighted by molar-refractivity contribution is 0.0695. The number of hydrogen-bond donors (Lipinski definition) is 0. The van der Waals surface area contributed by atoms with Gasteiger partial charge in [0.15, 0.2) is 0 Å². The molecule has 1 fully saturated rings. The normalized spacial score (nSPS) is 15.3. The van der Waals surface area contributed by atoms with Gasteiger partial charge in [-0.3, -0.25) is 4.79 Å². The first-order valence-electron chi connectivity index (χ1n) is 6.88. The maximum absolute atomic E-state index is 12.7. The van der Waals surface area contributed by atoms with Crippen molar-refractivity contribution in [1.29, 1.82) is 0 Å². The third-order valence-corrected chi connectivity index (χ3v) is 4.54. The molecule has 1 aliphatic rings. The monoisotopic (exact) mass is 359 g/mol. The van der Waals surface area contributed by atoms with Gasteiger partial charge in [-0.25, -0.2) is 0 Å². The Kier molecular flexibility index (Phi) is 5.73. The molecule has 1 aromatic rings. The highest BCUT2D eigenvalue weighted by Gasteiger charge is 2.27. The molecule has 0 aromatic heterocycles. The molecule has 0 heterocycles. The predicted molar refractivity (Wildman–Crippen MR) is 84.7 cm³/mol. The Morgan fingerprint density at radius 2 is 2.15 bits per heavy atom. The van der Waals surface area contributed by atoms with Crippen LogP contribution in [0.4, 0.5) is 0 Å². The fourth-order valence-corrected chi connectivity index (χ4v) is 3.44. The lowest BCUT2D eigenvalue weighted by atomic mass is 10.1. The summed E-state index contributed by atoms with van der Waals surface area (Å²) in [5.74, 6) is 1.26. The van der Waals surface area contributed by atoms with Crippen molar-refractivity contribution in [3.05, 3.63) is 28.2 Å². The van der Waals surface area contributed by atoms with Gasteiger partial charge in [0.1, 0.15) is 5.75 Å². The first-order valence-corrected chi connectivity index (χ1v) is 8.20. The number of hydrogen-bond acceptors (Lipinski definition) is 2. The Hall–Kier alpha value is -0.740. The summed E-state index contributed by atoms with van der Waals surface area (Å²) in [6, 6.07) is 5.77. The lowest BCUT2D eigenvalue weighted by Crippen LogP contribution is -2.40. The van der Waals surface area contributed by atoms with Crippen LogP contribution >= 0.6 is 27.5 Å². The molecule has 0 bridgehead atoms. The third-order valence-electron chi connectivity index (χ3n) is 3.75. The molecule has 0 radical (unpaired) electrons. The summed E-state index contributed by atoms with van der Waals surface area (Å²) < 4.78 is 5.99. The standard InChI is InChI=1S/C15H19BrClNO2/c1-20-14-7-6-11(10-13(14)16)15(19)18(9-8-17)12-4-2-3-5-12/h6-7,10,12H,2-5,8-9H2,1H3. The molecule has 5 heteroatoms. The van der Waals surface area contributed by atoms with Crippen molar-refractivity contribution in [2.45, 2.75) is 31.7 Å². The molecule has 3 nitrogen and oxygen atoms in total. The van der Waals surface area contributed by atoms with Crippen molar-refractivity contribution in [2.24, 2.45) is 0 Å². The molecule has 1 aromatic carbocycles. The van der Waals surface area contributed by atoms with Gasteiger partial charge in [0.25, 0.3) is 5.91 Å². The zero-order valence-corrected chi connectivity index (χ0v) is 13.9. The number of amides is 1. The van der Waals surface area contributed by atoms with E-state index in [0.717, 1.165) is 23.1 Å². The van der Waals surface area contributed by atoms with E-state index < -0.39 is 0 Å². The van der Waals surface area contributed by atoms with Crippen LogP contribution < -0.4 is 4.74 Å². The van der Waals surface area contributed by atoms with Gasteiger partial charge in [-0.2, -0.15) is 0 Å². The van der Waals surface area contributed by atoms with Gasteiger partial charge in [0, 0.05) is 24.0 Å². The van der Waals surface area contributed by atoms with Crippen molar-refractivity contribution < 1.29 is 9.53 Å². The van der Waals surface area contributed by atoms with Crippen LogP contribution in [0.1, 0.15) is 36.0 Å². The molecular formula is C15H19BrClNO2. The zero-order chi connectivity index (χ0) is 14.5. The quantitative estimate of drug-likeness (QED) is 0.740. The zero-order valence-electron chi connectivity index (χ0n) is 11.6. The fraction of sp³-hybridized carbons (Fsp3) is 0.533. The summed E-state index contributed by atoms with van der Waals surface area (Å²) in [5.41, 5.74) is 0.676. The second kappa shape index (κ2) is 7.32. The van der Waals surface area contributed by atoms with Crippen LogP contribution in [0.2, 0.25) is 0 Å². The van der Waals surface area contributed by atoms with E-state index in [1.807, 2.05) is 23.1 Å². The first kappa shape index (κ1) is 15.6. The highest BCUT2D eigenvalue weighted by molar-refractivity contribution is 9.10. The Labute approximate surface area is 133 Å². The van der Waals surface area contributed by atoms with Crippen LogP contribution in [-0.4, -0.2) is 36.4 Å². The molecule has 0 aliphatic heterocycles. The molecule has 2 rings (SSSR count). The Bertz CT molecular complexity index is 475. The summed E-state index contributed by atoms with van der Waals surface area (Å²) in [6.45, 7) is 0.606. The summed E-state index contributed by atoms with van der Waals surface area (Å²) in [6.07, 6.45) is 4.56. The van der Waals surface area contributed by atoms with Crippen LogP contribution in [0.15, 0.2) is 22.7 Å². The van der Waals surface area contributed by atoms with E-state index in [1.165, 1.54) is 12.8 Å². The van der Waals surface area contributed by atoms with Crippen LogP contribution in [0.3, 0.4) is 0 Å². The summed E-state index contributed by atoms with van der Waals surface area (Å²) >= 11 is 9.29. The number of carbonyl (C=O) groups excluding carboxylic acids is 1. The number of methoxy groups -OCH3 is 1. The minimum Gasteiger partial charge on any atom is -0.496 e. The first-order chi connectivity index (χ1) is 9.67. The summed E-state index contributed by atoms with van der Waals surface area (Å²) in [7, 11) is 1.61. The minimum absolute atomic E-state index is 0.0564. The number of benzene rings is 1. The van der Waals surface area contributed by atoms with Crippen molar-refractivity contribution in [1.82, 2.24) is 4.90 Å². The van der Waals surface area contributed by atoms with E-state index in [9.17, 15) is 4.79 Å². The van der Waals surface area contributed by atoms with Crippen molar-refractivity contribution in [2.75, 3.05) is 19.5 Å². The SMILES string of the molecule is COc1ccc(C(=O)N(CCCl)C2CCCC2)cc1Br. The fourth-order valence-electron chi connectivity index (χ4n) is 2.72. The molecule has 0 unspecified atom stereocenters.